The van der Waals surface area contributed by atoms with Gasteiger partial charge in [0, 0.05) is 23.9 Å². The summed E-state index contributed by atoms with van der Waals surface area (Å²) < 4.78 is 0. The van der Waals surface area contributed by atoms with Gasteiger partial charge in [-0.15, -0.1) is 5.10 Å². The van der Waals surface area contributed by atoms with Gasteiger partial charge in [-0.25, -0.2) is 4.98 Å². The number of benzene rings is 3. The molecular formula is C22H19N5O2S. The van der Waals surface area contributed by atoms with Gasteiger partial charge in [-0.3, -0.25) is 14.7 Å². The highest BCUT2D eigenvalue weighted by atomic mass is 32.2. The maximum Gasteiger partial charge on any atom is 0.234 e. The molecule has 0 saturated heterocycles. The highest BCUT2D eigenvalue weighted by molar-refractivity contribution is 7.99. The summed E-state index contributed by atoms with van der Waals surface area (Å²) in [6, 6.07) is 21.1. The molecule has 0 aliphatic heterocycles. The molecule has 7 nitrogen and oxygen atoms in total. The normalized spacial score (nSPS) is 10.7. The minimum absolute atomic E-state index is 0.130. The molecule has 150 valence electrons. The SMILES string of the molecule is CC(=O)Nc1cccc(-c2nc(SCC(=O)Nc3ccc4ccccc4c3)n[nH]2)c1. The Kier molecular flexibility index (Phi) is 5.76. The highest BCUT2D eigenvalue weighted by Gasteiger charge is 2.10. The number of nitrogens with one attached hydrogen (secondary N) is 3. The fourth-order valence-corrected chi connectivity index (χ4v) is 3.58. The fourth-order valence-electron chi connectivity index (χ4n) is 2.98. The van der Waals surface area contributed by atoms with Gasteiger partial charge in [-0.1, -0.05) is 54.2 Å². The first kappa shape index (κ1) is 19.7. The molecule has 0 aliphatic rings. The highest BCUT2D eigenvalue weighted by Crippen LogP contribution is 2.23. The molecule has 1 aromatic heterocycles. The quantitative estimate of drug-likeness (QED) is 0.406. The Morgan fingerprint density at radius 3 is 2.57 bits per heavy atom. The minimum atomic E-state index is -0.140. The lowest BCUT2D eigenvalue weighted by molar-refractivity contribution is -0.114. The monoisotopic (exact) mass is 417 g/mol. The average Bonchev–Trinajstić information content (AvgIpc) is 3.21. The Morgan fingerprint density at radius 2 is 1.73 bits per heavy atom. The van der Waals surface area contributed by atoms with Crippen LogP contribution in [-0.2, 0) is 9.59 Å². The Morgan fingerprint density at radius 1 is 0.933 bits per heavy atom. The van der Waals surface area contributed by atoms with Crippen LogP contribution in [-0.4, -0.2) is 32.7 Å². The zero-order valence-electron chi connectivity index (χ0n) is 16.2. The van der Waals surface area contributed by atoms with Gasteiger partial charge >= 0.3 is 0 Å². The maximum absolute atomic E-state index is 12.3. The lowest BCUT2D eigenvalue weighted by atomic mass is 10.1. The second-order valence-electron chi connectivity index (χ2n) is 6.63. The first-order valence-electron chi connectivity index (χ1n) is 9.29. The number of hydrogen-bond acceptors (Lipinski definition) is 5. The van der Waals surface area contributed by atoms with E-state index in [0.717, 1.165) is 22.0 Å². The van der Waals surface area contributed by atoms with E-state index in [0.29, 0.717) is 16.7 Å². The molecule has 0 fully saturated rings. The Labute approximate surface area is 177 Å². The van der Waals surface area contributed by atoms with Gasteiger partial charge < -0.3 is 10.6 Å². The van der Waals surface area contributed by atoms with E-state index in [2.05, 4.69) is 25.8 Å². The van der Waals surface area contributed by atoms with Crippen molar-refractivity contribution in [1.82, 2.24) is 15.2 Å². The van der Waals surface area contributed by atoms with Crippen molar-refractivity contribution in [3.05, 3.63) is 66.7 Å². The van der Waals surface area contributed by atoms with Crippen LogP contribution < -0.4 is 10.6 Å². The number of rotatable bonds is 6. The molecule has 4 aromatic rings. The largest absolute Gasteiger partial charge is 0.326 e. The van der Waals surface area contributed by atoms with Crippen LogP contribution in [0.25, 0.3) is 22.2 Å². The van der Waals surface area contributed by atoms with Crippen molar-refractivity contribution < 1.29 is 9.59 Å². The van der Waals surface area contributed by atoms with E-state index >= 15 is 0 Å². The third-order valence-corrected chi connectivity index (χ3v) is 5.13. The number of hydrogen-bond donors (Lipinski definition) is 3. The van der Waals surface area contributed by atoms with Gasteiger partial charge in [-0.2, -0.15) is 0 Å². The van der Waals surface area contributed by atoms with E-state index in [-0.39, 0.29) is 17.6 Å². The van der Waals surface area contributed by atoms with Crippen molar-refractivity contribution in [2.24, 2.45) is 0 Å². The molecule has 0 saturated carbocycles. The van der Waals surface area contributed by atoms with Crippen LogP contribution in [0.4, 0.5) is 11.4 Å². The molecule has 3 aromatic carbocycles. The molecule has 30 heavy (non-hydrogen) atoms. The van der Waals surface area contributed by atoms with Crippen molar-refractivity contribution in [2.45, 2.75) is 12.1 Å². The number of carbonyl (C=O) groups excluding carboxylic acids is 2. The summed E-state index contributed by atoms with van der Waals surface area (Å²) >= 11 is 1.25. The summed E-state index contributed by atoms with van der Waals surface area (Å²) in [6.07, 6.45) is 0. The fraction of sp³-hybridized carbons (Fsp3) is 0.0909. The summed E-state index contributed by atoms with van der Waals surface area (Å²) in [5, 5.41) is 15.3. The van der Waals surface area contributed by atoms with Crippen molar-refractivity contribution in [3.63, 3.8) is 0 Å². The van der Waals surface area contributed by atoms with E-state index in [1.165, 1.54) is 18.7 Å². The molecule has 0 aliphatic carbocycles. The van der Waals surface area contributed by atoms with Crippen LogP contribution in [0.15, 0.2) is 71.9 Å². The first-order chi connectivity index (χ1) is 14.6. The standard InChI is InChI=1S/C22H19N5O2S/c1-14(28)23-18-8-4-7-17(12-18)21-25-22(27-26-21)30-13-20(29)24-19-10-9-15-5-2-3-6-16(15)11-19/h2-12H,13H2,1H3,(H,23,28)(H,24,29)(H,25,26,27). The van der Waals surface area contributed by atoms with Gasteiger partial charge in [0.05, 0.1) is 5.75 Å². The van der Waals surface area contributed by atoms with E-state index in [1.54, 1.807) is 6.07 Å². The topological polar surface area (TPSA) is 99.8 Å². The number of amides is 2. The van der Waals surface area contributed by atoms with E-state index < -0.39 is 0 Å². The lowest BCUT2D eigenvalue weighted by Gasteiger charge is -2.05. The maximum atomic E-state index is 12.3. The number of H-pyrrole nitrogens is 1. The molecular weight excluding hydrogens is 398 g/mol. The molecule has 8 heteroatoms. The van der Waals surface area contributed by atoms with Gasteiger partial charge in [0.15, 0.2) is 5.82 Å². The number of fused-ring (bicyclic) bond motifs is 1. The van der Waals surface area contributed by atoms with E-state index in [1.807, 2.05) is 60.7 Å². The molecule has 0 spiro atoms. The zero-order chi connectivity index (χ0) is 20.9. The third kappa shape index (κ3) is 4.84. The molecule has 0 radical (unpaired) electrons. The number of aromatic nitrogens is 3. The molecule has 1 heterocycles. The van der Waals surface area contributed by atoms with Crippen LogP contribution in [0.3, 0.4) is 0 Å². The molecule has 4 rings (SSSR count). The molecule has 0 unspecified atom stereocenters. The average molecular weight is 417 g/mol. The van der Waals surface area contributed by atoms with Crippen LogP contribution >= 0.6 is 11.8 Å². The van der Waals surface area contributed by atoms with Crippen LogP contribution in [0, 0.1) is 0 Å². The second-order valence-corrected chi connectivity index (χ2v) is 7.57. The van der Waals surface area contributed by atoms with Crippen LogP contribution in [0.1, 0.15) is 6.92 Å². The summed E-state index contributed by atoms with van der Waals surface area (Å²) in [6.45, 7) is 1.46. The van der Waals surface area contributed by atoms with Crippen molar-refractivity contribution in [1.29, 1.82) is 0 Å². The molecule has 2 amide bonds. The van der Waals surface area contributed by atoms with E-state index in [9.17, 15) is 9.59 Å². The van der Waals surface area contributed by atoms with Gasteiger partial charge in [0.1, 0.15) is 0 Å². The van der Waals surface area contributed by atoms with Gasteiger partial charge in [-0.05, 0) is 35.0 Å². The van der Waals surface area contributed by atoms with Crippen LogP contribution in [0.2, 0.25) is 0 Å². The third-order valence-electron chi connectivity index (χ3n) is 4.29. The lowest BCUT2D eigenvalue weighted by Crippen LogP contribution is -2.14. The Hall–Kier alpha value is -3.65. The zero-order valence-corrected chi connectivity index (χ0v) is 17.0. The Balaban J connectivity index is 1.37. The summed E-state index contributed by atoms with van der Waals surface area (Å²) in [7, 11) is 0. The van der Waals surface area contributed by atoms with Gasteiger partial charge in [0.25, 0.3) is 0 Å². The smallest absolute Gasteiger partial charge is 0.234 e. The van der Waals surface area contributed by atoms with Crippen molar-refractivity contribution in [2.75, 3.05) is 16.4 Å². The molecule has 3 N–H and O–H groups in total. The van der Waals surface area contributed by atoms with Crippen molar-refractivity contribution >= 4 is 45.7 Å². The number of carbonyl (C=O) groups is 2. The molecule has 0 atom stereocenters. The predicted octanol–water partition coefficient (Wildman–Crippen LogP) is 4.31. The second kappa shape index (κ2) is 8.79. The number of thioether (sulfide) groups is 1. The predicted molar refractivity (Wildman–Crippen MR) is 119 cm³/mol. The van der Waals surface area contributed by atoms with Gasteiger partial charge in [0.2, 0.25) is 17.0 Å². The number of aromatic amines is 1. The van der Waals surface area contributed by atoms with E-state index in [4.69, 9.17) is 0 Å². The first-order valence-corrected chi connectivity index (χ1v) is 10.3. The number of anilines is 2. The van der Waals surface area contributed by atoms with Crippen LogP contribution in [0.5, 0.6) is 0 Å². The van der Waals surface area contributed by atoms with Crippen molar-refractivity contribution in [3.8, 4) is 11.4 Å². The summed E-state index contributed by atoms with van der Waals surface area (Å²) in [4.78, 5) is 28.0. The minimum Gasteiger partial charge on any atom is -0.326 e. The Bertz CT molecular complexity index is 1220. The number of nitrogens with zero attached hydrogens (tertiary/aromatic N) is 2. The summed E-state index contributed by atoms with van der Waals surface area (Å²) in [5.74, 6) is 0.489. The molecule has 0 bridgehead atoms. The summed E-state index contributed by atoms with van der Waals surface area (Å²) in [5.41, 5.74) is 2.23.